The maximum atomic E-state index is 5.69. The van der Waals surface area contributed by atoms with E-state index in [1.165, 1.54) is 32.1 Å². The number of aromatic nitrogens is 2. The van der Waals surface area contributed by atoms with E-state index in [9.17, 15) is 0 Å². The summed E-state index contributed by atoms with van der Waals surface area (Å²) in [5, 5.41) is 3.44. The Morgan fingerprint density at radius 1 is 1.35 bits per heavy atom. The first-order valence-electron chi connectivity index (χ1n) is 7.45. The normalized spacial score (nSPS) is 17.4. The van der Waals surface area contributed by atoms with E-state index in [1.54, 1.807) is 13.2 Å². The standard InChI is InChI=1S/C15H26N4O/c1-11(2)9-15(6-4-5-7-15)10-17-12-8-13(20-3)19-14(16)18-12/h8,11H,4-7,9-10H2,1-3H3,(H3,16,17,18,19). The van der Waals surface area contributed by atoms with Crippen LogP contribution in [0.15, 0.2) is 6.07 Å². The number of nitrogens with one attached hydrogen (secondary N) is 1. The molecule has 5 nitrogen and oxygen atoms in total. The first kappa shape index (κ1) is 14.9. The molecule has 0 spiro atoms. The van der Waals surface area contributed by atoms with E-state index in [2.05, 4.69) is 29.1 Å². The van der Waals surface area contributed by atoms with Gasteiger partial charge in [-0.3, -0.25) is 0 Å². The summed E-state index contributed by atoms with van der Waals surface area (Å²) >= 11 is 0. The van der Waals surface area contributed by atoms with Gasteiger partial charge in [0.1, 0.15) is 5.82 Å². The van der Waals surface area contributed by atoms with Crippen LogP contribution in [0.4, 0.5) is 11.8 Å². The second-order valence-electron chi connectivity index (χ2n) is 6.31. The van der Waals surface area contributed by atoms with Crippen molar-refractivity contribution in [2.24, 2.45) is 11.3 Å². The van der Waals surface area contributed by atoms with Crippen LogP contribution in [0.1, 0.15) is 46.0 Å². The van der Waals surface area contributed by atoms with Gasteiger partial charge in [-0.05, 0) is 30.6 Å². The summed E-state index contributed by atoms with van der Waals surface area (Å²) in [6, 6.07) is 1.80. The molecule has 0 bridgehead atoms. The van der Waals surface area contributed by atoms with Gasteiger partial charge in [-0.15, -0.1) is 0 Å². The first-order chi connectivity index (χ1) is 9.53. The van der Waals surface area contributed by atoms with Crippen LogP contribution in [0.3, 0.4) is 0 Å². The highest BCUT2D eigenvalue weighted by Crippen LogP contribution is 2.43. The van der Waals surface area contributed by atoms with E-state index < -0.39 is 0 Å². The molecule has 1 aliphatic rings. The maximum Gasteiger partial charge on any atom is 0.225 e. The molecule has 2 rings (SSSR count). The number of ether oxygens (including phenoxy) is 1. The Morgan fingerprint density at radius 3 is 2.65 bits per heavy atom. The Bertz CT molecular complexity index is 441. The Labute approximate surface area is 121 Å². The molecule has 1 saturated carbocycles. The molecule has 3 N–H and O–H groups in total. The van der Waals surface area contributed by atoms with E-state index >= 15 is 0 Å². The second-order valence-corrected chi connectivity index (χ2v) is 6.31. The van der Waals surface area contributed by atoms with Crippen molar-refractivity contribution in [3.63, 3.8) is 0 Å². The zero-order chi connectivity index (χ0) is 14.6. The molecule has 1 fully saturated rings. The van der Waals surface area contributed by atoms with E-state index in [0.29, 0.717) is 11.3 Å². The number of hydrogen-bond acceptors (Lipinski definition) is 5. The lowest BCUT2D eigenvalue weighted by atomic mass is 9.78. The number of rotatable bonds is 6. The number of nitrogens with two attached hydrogens (primary N) is 1. The summed E-state index contributed by atoms with van der Waals surface area (Å²) in [6.07, 6.45) is 6.54. The summed E-state index contributed by atoms with van der Waals surface area (Å²) < 4.78 is 5.13. The number of nitrogens with zero attached hydrogens (tertiary/aromatic N) is 2. The van der Waals surface area contributed by atoms with Crippen molar-refractivity contribution in [1.82, 2.24) is 9.97 Å². The minimum atomic E-state index is 0.246. The smallest absolute Gasteiger partial charge is 0.225 e. The Balaban J connectivity index is 2.04. The van der Waals surface area contributed by atoms with Crippen LogP contribution in [0.5, 0.6) is 5.88 Å². The Morgan fingerprint density at radius 2 is 2.05 bits per heavy atom. The predicted octanol–water partition coefficient (Wildman–Crippen LogP) is 3.09. The highest BCUT2D eigenvalue weighted by atomic mass is 16.5. The lowest BCUT2D eigenvalue weighted by molar-refractivity contribution is 0.252. The van der Waals surface area contributed by atoms with Crippen LogP contribution in [-0.2, 0) is 0 Å². The summed E-state index contributed by atoms with van der Waals surface area (Å²) in [7, 11) is 1.59. The zero-order valence-corrected chi connectivity index (χ0v) is 12.8. The Kier molecular flexibility index (Phi) is 4.68. The SMILES string of the molecule is COc1cc(NCC2(CC(C)C)CCCC2)nc(N)n1. The topological polar surface area (TPSA) is 73.1 Å². The van der Waals surface area contributed by atoms with Gasteiger partial charge in [-0.2, -0.15) is 9.97 Å². The molecule has 20 heavy (non-hydrogen) atoms. The largest absolute Gasteiger partial charge is 0.481 e. The third-order valence-corrected chi connectivity index (χ3v) is 4.08. The minimum absolute atomic E-state index is 0.246. The molecule has 5 heteroatoms. The molecular formula is C15H26N4O. The number of anilines is 2. The van der Waals surface area contributed by atoms with Gasteiger partial charge >= 0.3 is 0 Å². The average molecular weight is 278 g/mol. The van der Waals surface area contributed by atoms with Gasteiger partial charge in [-0.25, -0.2) is 0 Å². The van der Waals surface area contributed by atoms with E-state index in [-0.39, 0.29) is 5.95 Å². The lowest BCUT2D eigenvalue weighted by Crippen LogP contribution is -2.28. The van der Waals surface area contributed by atoms with Crippen molar-refractivity contribution < 1.29 is 4.74 Å². The summed E-state index contributed by atoms with van der Waals surface area (Å²) in [5.74, 6) is 2.23. The van der Waals surface area contributed by atoms with E-state index in [4.69, 9.17) is 10.5 Å². The van der Waals surface area contributed by atoms with Crippen molar-refractivity contribution >= 4 is 11.8 Å². The van der Waals surface area contributed by atoms with Crippen LogP contribution in [0.2, 0.25) is 0 Å². The fourth-order valence-corrected chi connectivity index (χ4v) is 3.36. The molecule has 0 atom stereocenters. The molecule has 0 unspecified atom stereocenters. The molecule has 0 aliphatic heterocycles. The molecule has 1 aromatic rings. The quantitative estimate of drug-likeness (QED) is 0.836. The van der Waals surface area contributed by atoms with Crippen molar-refractivity contribution in [1.29, 1.82) is 0 Å². The zero-order valence-electron chi connectivity index (χ0n) is 12.8. The van der Waals surface area contributed by atoms with E-state index in [1.807, 2.05) is 0 Å². The third-order valence-electron chi connectivity index (χ3n) is 4.08. The van der Waals surface area contributed by atoms with Gasteiger partial charge in [0.25, 0.3) is 0 Å². The Hall–Kier alpha value is -1.52. The molecule has 0 radical (unpaired) electrons. The van der Waals surface area contributed by atoms with Gasteiger partial charge < -0.3 is 15.8 Å². The first-order valence-corrected chi connectivity index (χ1v) is 7.45. The van der Waals surface area contributed by atoms with Crippen LogP contribution in [-0.4, -0.2) is 23.6 Å². The average Bonchev–Trinajstić information content (AvgIpc) is 2.84. The molecule has 1 aliphatic carbocycles. The lowest BCUT2D eigenvalue weighted by Gasteiger charge is -2.31. The summed E-state index contributed by atoms with van der Waals surface area (Å²) in [5.41, 5.74) is 6.09. The molecule has 0 amide bonds. The maximum absolute atomic E-state index is 5.69. The molecule has 0 saturated heterocycles. The fourth-order valence-electron chi connectivity index (χ4n) is 3.36. The monoisotopic (exact) mass is 278 g/mol. The molecule has 112 valence electrons. The van der Waals surface area contributed by atoms with Gasteiger partial charge in [0, 0.05) is 12.6 Å². The second kappa shape index (κ2) is 6.29. The van der Waals surface area contributed by atoms with Crippen molar-refractivity contribution in [3.8, 4) is 5.88 Å². The highest BCUT2D eigenvalue weighted by Gasteiger charge is 2.34. The van der Waals surface area contributed by atoms with Gasteiger partial charge in [0.05, 0.1) is 7.11 Å². The third kappa shape index (κ3) is 3.74. The van der Waals surface area contributed by atoms with Crippen molar-refractivity contribution in [2.75, 3.05) is 24.7 Å². The van der Waals surface area contributed by atoms with Crippen LogP contribution in [0, 0.1) is 11.3 Å². The summed E-state index contributed by atoms with van der Waals surface area (Å²) in [6.45, 7) is 5.54. The van der Waals surface area contributed by atoms with Gasteiger partial charge in [0.15, 0.2) is 0 Å². The fraction of sp³-hybridized carbons (Fsp3) is 0.733. The van der Waals surface area contributed by atoms with Crippen LogP contribution < -0.4 is 15.8 Å². The van der Waals surface area contributed by atoms with Crippen LogP contribution >= 0.6 is 0 Å². The minimum Gasteiger partial charge on any atom is -0.481 e. The van der Waals surface area contributed by atoms with Gasteiger partial charge in [0.2, 0.25) is 11.8 Å². The summed E-state index contributed by atoms with van der Waals surface area (Å²) in [4.78, 5) is 8.23. The molecule has 1 aromatic heterocycles. The van der Waals surface area contributed by atoms with E-state index in [0.717, 1.165) is 18.3 Å². The molecular weight excluding hydrogens is 252 g/mol. The van der Waals surface area contributed by atoms with Crippen molar-refractivity contribution in [3.05, 3.63) is 6.07 Å². The molecule has 1 heterocycles. The van der Waals surface area contributed by atoms with Crippen LogP contribution in [0.25, 0.3) is 0 Å². The van der Waals surface area contributed by atoms with Gasteiger partial charge in [-0.1, -0.05) is 26.7 Å². The number of nitrogen functional groups attached to an aromatic ring is 1. The number of hydrogen-bond donors (Lipinski definition) is 2. The predicted molar refractivity (Wildman–Crippen MR) is 81.8 cm³/mol. The highest BCUT2D eigenvalue weighted by molar-refractivity contribution is 5.43. The van der Waals surface area contributed by atoms with Crippen molar-refractivity contribution in [2.45, 2.75) is 46.0 Å². The molecule has 0 aromatic carbocycles. The number of methoxy groups -OCH3 is 1.